The fraction of sp³-hybridized carbons (Fsp3) is 0.318. The van der Waals surface area contributed by atoms with E-state index < -0.39 is 11.9 Å². The van der Waals surface area contributed by atoms with Gasteiger partial charge in [0.25, 0.3) is 0 Å². The normalized spacial score (nSPS) is 18.5. The van der Waals surface area contributed by atoms with Gasteiger partial charge in [-0.1, -0.05) is 48.0 Å². The van der Waals surface area contributed by atoms with Crippen molar-refractivity contribution in [1.29, 1.82) is 0 Å². The van der Waals surface area contributed by atoms with Crippen LogP contribution in [0, 0.1) is 0 Å². The summed E-state index contributed by atoms with van der Waals surface area (Å²) in [7, 11) is 0. The highest BCUT2D eigenvalue weighted by Gasteiger charge is 2.34. The Morgan fingerprint density at radius 1 is 1.26 bits per heavy atom. The molecule has 27 heavy (non-hydrogen) atoms. The van der Waals surface area contributed by atoms with Crippen LogP contribution in [0.2, 0.25) is 5.02 Å². The van der Waals surface area contributed by atoms with Gasteiger partial charge in [-0.3, -0.25) is 4.79 Å². The molecule has 3 aromatic rings. The number of aryl methyl sites for hydroxylation is 2. The van der Waals surface area contributed by atoms with Crippen LogP contribution in [0.1, 0.15) is 33.9 Å². The predicted octanol–water partition coefficient (Wildman–Crippen LogP) is 3.76. The molecule has 0 bridgehead atoms. The predicted molar refractivity (Wildman–Crippen MR) is 107 cm³/mol. The van der Waals surface area contributed by atoms with E-state index in [-0.39, 0.29) is 0 Å². The van der Waals surface area contributed by atoms with E-state index in [1.165, 1.54) is 11.1 Å². The Labute approximate surface area is 162 Å². The molecule has 3 heterocycles. The number of halogens is 1. The number of hydrogen-bond donors (Lipinski definition) is 2. The van der Waals surface area contributed by atoms with Gasteiger partial charge in [0, 0.05) is 24.2 Å². The highest BCUT2D eigenvalue weighted by atomic mass is 35.5. The minimum Gasteiger partial charge on any atom is -0.481 e. The van der Waals surface area contributed by atoms with E-state index in [0.717, 1.165) is 65.1 Å². The summed E-state index contributed by atoms with van der Waals surface area (Å²) in [6.45, 7) is 2.10. The number of carbonyl (C=O) groups is 1. The molecule has 138 valence electrons. The molecule has 1 atom stereocenters. The van der Waals surface area contributed by atoms with Crippen molar-refractivity contribution in [2.24, 2.45) is 0 Å². The molecule has 5 rings (SSSR count). The van der Waals surface area contributed by atoms with E-state index in [1.807, 2.05) is 18.2 Å². The number of aliphatic carboxylic acids is 1. The van der Waals surface area contributed by atoms with Crippen LogP contribution in [0.3, 0.4) is 0 Å². The van der Waals surface area contributed by atoms with Crippen molar-refractivity contribution in [2.75, 3.05) is 13.1 Å². The van der Waals surface area contributed by atoms with Crippen molar-refractivity contribution >= 4 is 28.5 Å². The molecule has 0 fully saturated rings. The molecule has 1 unspecified atom stereocenters. The van der Waals surface area contributed by atoms with E-state index in [9.17, 15) is 9.90 Å². The Morgan fingerprint density at radius 2 is 2.07 bits per heavy atom. The average molecular weight is 381 g/mol. The Morgan fingerprint density at radius 3 is 2.85 bits per heavy atom. The second kappa shape index (κ2) is 6.39. The number of carboxylic acids is 1. The second-order valence-corrected chi connectivity index (χ2v) is 7.88. The smallest absolute Gasteiger partial charge is 0.313 e. The summed E-state index contributed by atoms with van der Waals surface area (Å²) in [4.78, 5) is 11.9. The quantitative estimate of drug-likeness (QED) is 0.727. The molecule has 2 aliphatic rings. The topological polar surface area (TPSA) is 54.3 Å². The molecular weight excluding hydrogens is 360 g/mol. The Bertz CT molecular complexity index is 1060. The zero-order chi connectivity index (χ0) is 18.5. The lowest BCUT2D eigenvalue weighted by Crippen LogP contribution is -2.26. The summed E-state index contributed by atoms with van der Waals surface area (Å²) >= 11 is 6.94. The maximum atomic E-state index is 11.9. The maximum Gasteiger partial charge on any atom is 0.313 e. The van der Waals surface area contributed by atoms with Gasteiger partial charge in [-0.15, -0.1) is 0 Å². The number of rotatable bonds is 3. The molecule has 0 aliphatic carbocycles. The Kier molecular flexibility index (Phi) is 3.99. The molecule has 0 amide bonds. The summed E-state index contributed by atoms with van der Waals surface area (Å²) in [5.74, 6) is -1.28. The highest BCUT2D eigenvalue weighted by Crippen LogP contribution is 2.43. The summed E-state index contributed by atoms with van der Waals surface area (Å²) in [5.41, 5.74) is 6.92. The molecular formula is C22H21ClN2O2. The SMILES string of the molecule is O=C(O)C1CNCCc2c1n1c3c(cc(Cc4ccccc4)c(Cl)c23)CC1. The van der Waals surface area contributed by atoms with Gasteiger partial charge in [0.05, 0.1) is 10.5 Å². The monoisotopic (exact) mass is 380 g/mol. The molecule has 0 radical (unpaired) electrons. The molecule has 2 aromatic carbocycles. The third kappa shape index (κ3) is 2.59. The average Bonchev–Trinajstić information content (AvgIpc) is 3.12. The number of carboxylic acid groups (broad SMARTS) is 1. The standard InChI is InChI=1S/C22H21ClN2O2/c23-19-15(10-13-4-2-1-3-5-13)11-14-7-9-25-20(14)18(19)16-6-8-24-12-17(21(16)25)22(26)27/h1-5,11,17,24H,6-10,12H2,(H,26,27). The molecule has 2 N–H and O–H groups in total. The zero-order valence-corrected chi connectivity index (χ0v) is 15.7. The fourth-order valence-electron chi connectivity index (χ4n) is 4.77. The lowest BCUT2D eigenvalue weighted by atomic mass is 9.95. The van der Waals surface area contributed by atoms with Crippen molar-refractivity contribution < 1.29 is 9.90 Å². The van der Waals surface area contributed by atoms with E-state index >= 15 is 0 Å². The number of fused-ring (bicyclic) bond motifs is 3. The van der Waals surface area contributed by atoms with Crippen LogP contribution < -0.4 is 5.32 Å². The maximum absolute atomic E-state index is 11.9. The molecule has 0 spiro atoms. The third-order valence-electron chi connectivity index (χ3n) is 5.93. The largest absolute Gasteiger partial charge is 0.481 e. The first-order valence-corrected chi connectivity index (χ1v) is 9.85. The van der Waals surface area contributed by atoms with Gasteiger partial charge in [-0.05, 0) is 48.1 Å². The molecule has 0 saturated heterocycles. The summed E-state index contributed by atoms with van der Waals surface area (Å²) in [5, 5.41) is 15.0. The van der Waals surface area contributed by atoms with Crippen LogP contribution in [-0.2, 0) is 30.6 Å². The van der Waals surface area contributed by atoms with Crippen LogP contribution in [0.15, 0.2) is 36.4 Å². The molecule has 4 nitrogen and oxygen atoms in total. The molecule has 5 heteroatoms. The van der Waals surface area contributed by atoms with Crippen LogP contribution >= 0.6 is 11.6 Å². The van der Waals surface area contributed by atoms with Gasteiger partial charge in [-0.2, -0.15) is 0 Å². The highest BCUT2D eigenvalue weighted by molar-refractivity contribution is 6.37. The Balaban J connectivity index is 1.74. The van der Waals surface area contributed by atoms with E-state index in [2.05, 4.69) is 28.1 Å². The number of nitrogens with one attached hydrogen (secondary N) is 1. The van der Waals surface area contributed by atoms with Crippen molar-refractivity contribution in [1.82, 2.24) is 9.88 Å². The number of nitrogens with zero attached hydrogens (tertiary/aromatic N) is 1. The summed E-state index contributed by atoms with van der Waals surface area (Å²) in [6.07, 6.45) is 2.55. The van der Waals surface area contributed by atoms with Gasteiger partial charge in [0.1, 0.15) is 5.92 Å². The summed E-state index contributed by atoms with van der Waals surface area (Å²) in [6, 6.07) is 12.6. The van der Waals surface area contributed by atoms with Gasteiger partial charge in [-0.25, -0.2) is 0 Å². The third-order valence-corrected chi connectivity index (χ3v) is 6.36. The minimum absolute atomic E-state index is 0.475. The van der Waals surface area contributed by atoms with Gasteiger partial charge < -0.3 is 15.0 Å². The first-order valence-electron chi connectivity index (χ1n) is 9.48. The van der Waals surface area contributed by atoms with Gasteiger partial charge in [0.15, 0.2) is 0 Å². The van der Waals surface area contributed by atoms with Gasteiger partial charge in [0.2, 0.25) is 0 Å². The Hall–Kier alpha value is -2.30. The lowest BCUT2D eigenvalue weighted by Gasteiger charge is -2.14. The number of hydrogen-bond acceptors (Lipinski definition) is 2. The fourth-order valence-corrected chi connectivity index (χ4v) is 5.10. The number of aromatic nitrogens is 1. The van der Waals surface area contributed by atoms with Crippen molar-refractivity contribution in [2.45, 2.75) is 31.7 Å². The first kappa shape index (κ1) is 16.8. The molecule has 0 saturated carbocycles. The van der Waals surface area contributed by atoms with Crippen LogP contribution in [-0.4, -0.2) is 28.7 Å². The zero-order valence-electron chi connectivity index (χ0n) is 15.0. The van der Waals surface area contributed by atoms with E-state index in [1.54, 1.807) is 0 Å². The molecule has 2 aliphatic heterocycles. The first-order chi connectivity index (χ1) is 13.1. The van der Waals surface area contributed by atoms with E-state index in [4.69, 9.17) is 11.6 Å². The minimum atomic E-state index is -0.765. The van der Waals surface area contributed by atoms with Crippen LogP contribution in [0.5, 0.6) is 0 Å². The lowest BCUT2D eigenvalue weighted by molar-refractivity contribution is -0.138. The summed E-state index contributed by atoms with van der Waals surface area (Å²) < 4.78 is 2.23. The van der Waals surface area contributed by atoms with Crippen molar-refractivity contribution in [3.8, 4) is 0 Å². The van der Waals surface area contributed by atoms with Crippen LogP contribution in [0.25, 0.3) is 10.9 Å². The van der Waals surface area contributed by atoms with Gasteiger partial charge >= 0.3 is 5.97 Å². The van der Waals surface area contributed by atoms with Crippen molar-refractivity contribution in [3.63, 3.8) is 0 Å². The molecule has 1 aromatic heterocycles. The van der Waals surface area contributed by atoms with Crippen LogP contribution in [0.4, 0.5) is 0 Å². The second-order valence-electron chi connectivity index (χ2n) is 7.51. The number of benzene rings is 2. The van der Waals surface area contributed by atoms with E-state index in [0.29, 0.717) is 6.54 Å². The van der Waals surface area contributed by atoms with Crippen molar-refractivity contribution in [3.05, 3.63) is 69.4 Å².